The molecule has 0 radical (unpaired) electrons. The number of rotatable bonds is 3. The second-order valence-corrected chi connectivity index (χ2v) is 1.29. The van der Waals surface area contributed by atoms with Crippen molar-refractivity contribution < 1.29 is 19.4 Å². The summed E-state index contributed by atoms with van der Waals surface area (Å²) in [5, 5.41) is 8.10. The molecular formula is C3H8N4O4. The Morgan fingerprint density at radius 1 is 1.55 bits per heavy atom. The number of hydrogen-bond acceptors (Lipinski definition) is 6. The van der Waals surface area contributed by atoms with Crippen molar-refractivity contribution in [3.05, 3.63) is 0 Å². The molecule has 2 amide bonds. The number of amides is 2. The summed E-state index contributed by atoms with van der Waals surface area (Å²) in [6.07, 6.45) is -2.29. The summed E-state index contributed by atoms with van der Waals surface area (Å²) in [6.45, 7) is -0.392. The van der Waals surface area contributed by atoms with Crippen LogP contribution in [0.3, 0.4) is 0 Å². The summed E-state index contributed by atoms with van der Waals surface area (Å²) < 4.78 is 3.80. The number of carbonyl (C=O) groups excluding carboxylic acids is 2. The van der Waals surface area contributed by atoms with E-state index in [4.69, 9.17) is 5.11 Å². The van der Waals surface area contributed by atoms with Crippen molar-refractivity contribution in [2.75, 3.05) is 6.73 Å². The predicted molar refractivity (Wildman–Crippen MR) is 32.6 cm³/mol. The molecule has 0 unspecified atom stereocenters. The zero-order valence-electron chi connectivity index (χ0n) is 5.46. The summed E-state index contributed by atoms with van der Waals surface area (Å²) in [4.78, 5) is 20.2. The molecule has 6 N–H and O–H groups in total. The Bertz CT molecular complexity index is 148. The largest absolute Gasteiger partial charge is 0.431 e. The van der Waals surface area contributed by atoms with Gasteiger partial charge in [-0.1, -0.05) is 0 Å². The smallest absolute Gasteiger partial charge is 0.380 e. The minimum atomic E-state index is -1.21. The Morgan fingerprint density at radius 2 is 2.18 bits per heavy atom. The SMILES string of the molecule is NC(=O)OC(=O)NNNCO. The van der Waals surface area contributed by atoms with Crippen LogP contribution in [0.25, 0.3) is 0 Å². The van der Waals surface area contributed by atoms with Gasteiger partial charge in [0.15, 0.2) is 0 Å². The van der Waals surface area contributed by atoms with Gasteiger partial charge in [-0.05, 0) is 0 Å². The molecule has 0 spiro atoms. The maximum Gasteiger partial charge on any atom is 0.431 e. The fraction of sp³-hybridized carbons (Fsp3) is 0.333. The lowest BCUT2D eigenvalue weighted by atomic mass is 11.1. The van der Waals surface area contributed by atoms with Crippen LogP contribution in [0.4, 0.5) is 9.59 Å². The quantitative estimate of drug-likeness (QED) is 0.139. The normalized spacial score (nSPS) is 8.82. The summed E-state index contributed by atoms with van der Waals surface area (Å²) in [6, 6.07) is 0. The number of ether oxygens (including phenoxy) is 1. The molecule has 0 aromatic carbocycles. The van der Waals surface area contributed by atoms with Gasteiger partial charge in [-0.2, -0.15) is 5.53 Å². The van der Waals surface area contributed by atoms with Crippen LogP contribution in [-0.2, 0) is 4.74 Å². The van der Waals surface area contributed by atoms with Crippen molar-refractivity contribution in [1.82, 2.24) is 16.4 Å². The van der Waals surface area contributed by atoms with E-state index in [1.807, 2.05) is 11.0 Å². The van der Waals surface area contributed by atoms with Crippen LogP contribution in [0.2, 0.25) is 0 Å². The highest BCUT2D eigenvalue weighted by Crippen LogP contribution is 1.71. The lowest BCUT2D eigenvalue weighted by Crippen LogP contribution is -2.47. The zero-order valence-corrected chi connectivity index (χ0v) is 5.46. The lowest BCUT2D eigenvalue weighted by molar-refractivity contribution is 0.147. The number of hydrazine groups is 2. The second-order valence-electron chi connectivity index (χ2n) is 1.29. The fourth-order valence-electron chi connectivity index (χ4n) is 0.252. The molecule has 64 valence electrons. The standard InChI is InChI=1S/C3H8N4O4/c4-2(9)11-3(10)6-7-5-1-8/h5,7-8H,1H2,(H2,4,9)(H,6,10). The molecule has 0 aliphatic heterocycles. The molecule has 0 atom stereocenters. The van der Waals surface area contributed by atoms with Gasteiger partial charge in [-0.15, -0.1) is 0 Å². The lowest BCUT2D eigenvalue weighted by Gasteiger charge is -2.03. The zero-order chi connectivity index (χ0) is 8.69. The monoisotopic (exact) mass is 164 g/mol. The first-order valence-electron chi connectivity index (χ1n) is 2.52. The van der Waals surface area contributed by atoms with Gasteiger partial charge in [-0.3, -0.25) is 0 Å². The first-order valence-corrected chi connectivity index (χ1v) is 2.52. The Hall–Kier alpha value is -1.38. The van der Waals surface area contributed by atoms with Gasteiger partial charge in [0.25, 0.3) is 0 Å². The van der Waals surface area contributed by atoms with Gasteiger partial charge in [-0.25, -0.2) is 20.4 Å². The van der Waals surface area contributed by atoms with Crippen molar-refractivity contribution in [3.63, 3.8) is 0 Å². The van der Waals surface area contributed by atoms with E-state index in [0.29, 0.717) is 0 Å². The third-order valence-electron chi connectivity index (χ3n) is 0.525. The second kappa shape index (κ2) is 5.41. The molecule has 0 saturated heterocycles. The molecule has 0 fully saturated rings. The van der Waals surface area contributed by atoms with E-state index in [9.17, 15) is 9.59 Å². The van der Waals surface area contributed by atoms with Gasteiger partial charge >= 0.3 is 12.2 Å². The number of carbonyl (C=O) groups is 2. The van der Waals surface area contributed by atoms with Crippen molar-refractivity contribution in [2.45, 2.75) is 0 Å². The average molecular weight is 164 g/mol. The van der Waals surface area contributed by atoms with E-state index < -0.39 is 18.9 Å². The highest BCUT2D eigenvalue weighted by molar-refractivity contribution is 5.82. The van der Waals surface area contributed by atoms with Crippen LogP contribution in [0, 0.1) is 0 Å². The summed E-state index contributed by atoms with van der Waals surface area (Å²) in [7, 11) is 0. The van der Waals surface area contributed by atoms with Crippen LogP contribution >= 0.6 is 0 Å². The molecular weight excluding hydrogens is 156 g/mol. The number of aliphatic hydroxyl groups is 1. The van der Waals surface area contributed by atoms with E-state index in [1.165, 1.54) is 0 Å². The number of primary amides is 1. The van der Waals surface area contributed by atoms with Crippen molar-refractivity contribution in [2.24, 2.45) is 5.73 Å². The highest BCUT2D eigenvalue weighted by Gasteiger charge is 2.03. The van der Waals surface area contributed by atoms with Crippen molar-refractivity contribution in [3.8, 4) is 0 Å². The Kier molecular flexibility index (Phi) is 4.73. The summed E-state index contributed by atoms with van der Waals surface area (Å²) in [5.74, 6) is 0. The van der Waals surface area contributed by atoms with Gasteiger partial charge in [0.1, 0.15) is 6.73 Å². The Labute approximate surface area is 61.6 Å². The molecule has 8 nitrogen and oxygen atoms in total. The Balaban J connectivity index is 3.30. The molecule has 0 saturated carbocycles. The maximum atomic E-state index is 10.3. The summed E-state index contributed by atoms with van der Waals surface area (Å²) in [5.41, 5.74) is 10.4. The molecule has 0 aromatic rings. The molecule has 0 aliphatic rings. The third-order valence-corrected chi connectivity index (χ3v) is 0.525. The number of nitrogens with one attached hydrogen (secondary N) is 3. The van der Waals surface area contributed by atoms with Gasteiger partial charge in [0, 0.05) is 0 Å². The maximum absolute atomic E-state index is 10.3. The van der Waals surface area contributed by atoms with Crippen LogP contribution in [0.15, 0.2) is 0 Å². The molecule has 11 heavy (non-hydrogen) atoms. The van der Waals surface area contributed by atoms with Crippen LogP contribution in [0.5, 0.6) is 0 Å². The molecule has 0 heterocycles. The van der Waals surface area contributed by atoms with Crippen LogP contribution in [0.1, 0.15) is 0 Å². The minimum Gasteiger partial charge on any atom is -0.380 e. The van der Waals surface area contributed by atoms with E-state index in [-0.39, 0.29) is 0 Å². The fourth-order valence-corrected chi connectivity index (χ4v) is 0.252. The first kappa shape index (κ1) is 9.62. The Morgan fingerprint density at radius 3 is 2.64 bits per heavy atom. The van der Waals surface area contributed by atoms with Gasteiger partial charge < -0.3 is 15.6 Å². The average Bonchev–Trinajstić information content (AvgIpc) is 1.86. The molecule has 0 aromatic heterocycles. The molecule has 8 heteroatoms. The number of aliphatic hydroxyl groups excluding tert-OH is 1. The number of hydrogen-bond donors (Lipinski definition) is 5. The van der Waals surface area contributed by atoms with E-state index in [0.717, 1.165) is 0 Å². The van der Waals surface area contributed by atoms with E-state index in [1.54, 1.807) is 0 Å². The predicted octanol–water partition coefficient (Wildman–Crippen LogP) is -2.25. The van der Waals surface area contributed by atoms with Gasteiger partial charge in [0.2, 0.25) is 0 Å². The van der Waals surface area contributed by atoms with Crippen LogP contribution in [-0.4, -0.2) is 24.0 Å². The van der Waals surface area contributed by atoms with Gasteiger partial charge in [0.05, 0.1) is 0 Å². The van der Waals surface area contributed by atoms with E-state index in [2.05, 4.69) is 15.9 Å². The van der Waals surface area contributed by atoms with E-state index >= 15 is 0 Å². The summed E-state index contributed by atoms with van der Waals surface area (Å²) >= 11 is 0. The van der Waals surface area contributed by atoms with Crippen molar-refractivity contribution >= 4 is 12.2 Å². The number of nitrogens with two attached hydrogens (primary N) is 1. The third kappa shape index (κ3) is 6.51. The first-order chi connectivity index (χ1) is 5.16. The topological polar surface area (TPSA) is 126 Å². The van der Waals surface area contributed by atoms with Crippen molar-refractivity contribution in [1.29, 1.82) is 0 Å². The van der Waals surface area contributed by atoms with Crippen LogP contribution < -0.4 is 22.1 Å². The minimum absolute atomic E-state index is 0.392. The highest BCUT2D eigenvalue weighted by atomic mass is 16.6. The molecule has 0 rings (SSSR count). The molecule has 0 bridgehead atoms. The molecule has 0 aliphatic carbocycles.